The van der Waals surface area contributed by atoms with Crippen LogP contribution in [0.3, 0.4) is 0 Å². The molecule has 0 fully saturated rings. The van der Waals surface area contributed by atoms with Gasteiger partial charge >= 0.3 is 0 Å². The van der Waals surface area contributed by atoms with E-state index in [9.17, 15) is 0 Å². The van der Waals surface area contributed by atoms with Crippen molar-refractivity contribution < 1.29 is 6.85 Å². The summed E-state index contributed by atoms with van der Waals surface area (Å²) in [6.45, 7) is 0. The van der Waals surface area contributed by atoms with Crippen LogP contribution in [0.4, 0.5) is 0 Å². The van der Waals surface area contributed by atoms with Crippen molar-refractivity contribution in [3.05, 3.63) is 200 Å². The maximum Gasteiger partial charge on any atom is 0.164 e. The number of aromatic nitrogens is 3. The fraction of sp³-hybridized carbons (Fsp3) is 0. The van der Waals surface area contributed by atoms with Gasteiger partial charge < -0.3 is 0 Å². The van der Waals surface area contributed by atoms with Gasteiger partial charge in [0.15, 0.2) is 17.5 Å². The molecule has 10 rings (SSSR count). The van der Waals surface area contributed by atoms with Gasteiger partial charge in [0, 0.05) is 36.9 Å². The first-order chi connectivity index (χ1) is 29.3. The third-order valence-electron chi connectivity index (χ3n) is 9.87. The van der Waals surface area contributed by atoms with Crippen LogP contribution in [-0.2, 0) is 0 Å². The third kappa shape index (κ3) is 6.39. The Morgan fingerprint density at radius 3 is 1.47 bits per heavy atom. The van der Waals surface area contributed by atoms with Crippen LogP contribution in [0.25, 0.3) is 98.8 Å². The van der Waals surface area contributed by atoms with Gasteiger partial charge in [0.1, 0.15) is 0 Å². The highest BCUT2D eigenvalue weighted by Gasteiger charge is 2.18. The number of nitrogens with zero attached hydrogens (tertiary/aromatic N) is 3. The smallest absolute Gasteiger partial charge is 0.164 e. The van der Waals surface area contributed by atoms with E-state index in [1.807, 2.05) is 72.8 Å². The Labute approximate surface area is 331 Å². The van der Waals surface area contributed by atoms with E-state index in [0.29, 0.717) is 17.2 Å². The van der Waals surface area contributed by atoms with Gasteiger partial charge in [0.25, 0.3) is 0 Å². The summed E-state index contributed by atoms with van der Waals surface area (Å²) >= 11 is 1.69. The second kappa shape index (κ2) is 14.1. The number of rotatable bonds is 7. The van der Waals surface area contributed by atoms with Gasteiger partial charge in [-0.25, -0.2) is 15.0 Å². The number of benzene rings is 8. The molecule has 0 spiro atoms. The zero-order valence-electron chi connectivity index (χ0n) is 34.4. The van der Waals surface area contributed by atoms with E-state index in [2.05, 4.69) is 97.1 Å². The van der Waals surface area contributed by atoms with Gasteiger partial charge in [0.05, 0.1) is 6.85 Å². The molecule has 0 amide bonds. The number of hydrogen-bond acceptors (Lipinski definition) is 4. The lowest BCUT2D eigenvalue weighted by atomic mass is 9.97. The van der Waals surface area contributed by atoms with Gasteiger partial charge in [0.2, 0.25) is 0 Å². The molecule has 0 aliphatic carbocycles. The molecule has 55 heavy (non-hydrogen) atoms. The lowest BCUT2D eigenvalue weighted by Crippen LogP contribution is -2.00. The van der Waals surface area contributed by atoms with Crippen LogP contribution in [0, 0.1) is 0 Å². The molecule has 8 aromatic carbocycles. The number of fused-ring (bicyclic) bond motifs is 3. The lowest BCUT2D eigenvalue weighted by molar-refractivity contribution is 1.08. The lowest BCUT2D eigenvalue weighted by Gasteiger charge is -2.10. The quantitative estimate of drug-likeness (QED) is 0.164. The van der Waals surface area contributed by atoms with E-state index < -0.39 is 18.1 Å². The Kier molecular flexibility index (Phi) is 7.06. The van der Waals surface area contributed by atoms with Crippen LogP contribution < -0.4 is 0 Å². The minimum absolute atomic E-state index is 0.00604. The Hall–Kier alpha value is -7.01. The maximum atomic E-state index is 8.80. The van der Waals surface area contributed by atoms with E-state index >= 15 is 0 Å². The minimum Gasteiger partial charge on any atom is -0.208 e. The van der Waals surface area contributed by atoms with Crippen molar-refractivity contribution in [1.82, 2.24) is 15.0 Å². The van der Waals surface area contributed by atoms with E-state index in [-0.39, 0.29) is 23.5 Å². The van der Waals surface area contributed by atoms with Crippen molar-refractivity contribution in [1.29, 1.82) is 0 Å². The van der Waals surface area contributed by atoms with Crippen LogP contribution >= 0.6 is 11.3 Å². The Balaban J connectivity index is 1.06. The standard InChI is InChI=1S/C51H33N3S/c1-4-12-34(13-5-1)36-22-24-37(25-23-36)38-26-28-39(29-27-38)42-30-31-44-47(33-42)55-46-21-11-20-45(48(44)46)51-53-49(40-16-8-3-9-17-40)52-50(54-51)43-19-10-18-41(32-43)35-14-6-2-7-15-35/h1-33H/i3D,8D,9D,16D,17D. The molecule has 258 valence electrons. The van der Waals surface area contributed by atoms with Crippen molar-refractivity contribution in [2.75, 3.05) is 0 Å². The molecule has 0 unspecified atom stereocenters. The van der Waals surface area contributed by atoms with Crippen LogP contribution in [0.5, 0.6) is 0 Å². The Morgan fingerprint density at radius 2 is 0.818 bits per heavy atom. The first-order valence-electron chi connectivity index (χ1n) is 20.5. The van der Waals surface area contributed by atoms with Gasteiger partial charge in [-0.3, -0.25) is 0 Å². The zero-order valence-corrected chi connectivity index (χ0v) is 30.2. The van der Waals surface area contributed by atoms with Crippen molar-refractivity contribution in [3.63, 3.8) is 0 Å². The fourth-order valence-electron chi connectivity index (χ4n) is 7.10. The molecule has 0 aliphatic heterocycles. The van der Waals surface area contributed by atoms with Gasteiger partial charge in [-0.2, -0.15) is 0 Å². The predicted molar refractivity (Wildman–Crippen MR) is 231 cm³/mol. The molecule has 3 nitrogen and oxygen atoms in total. The summed E-state index contributed by atoms with van der Waals surface area (Å²) in [5.41, 5.74) is 10.3. The molecule has 0 aliphatic rings. The van der Waals surface area contributed by atoms with Crippen molar-refractivity contribution in [2.24, 2.45) is 0 Å². The van der Waals surface area contributed by atoms with E-state index in [0.717, 1.165) is 59.1 Å². The summed E-state index contributed by atoms with van der Waals surface area (Å²) in [5.74, 6) is 0.675. The Bertz CT molecular complexity index is 3210. The zero-order chi connectivity index (χ0) is 40.9. The monoisotopic (exact) mass is 724 g/mol. The van der Waals surface area contributed by atoms with E-state index in [1.54, 1.807) is 11.3 Å². The third-order valence-corrected chi connectivity index (χ3v) is 11.0. The largest absolute Gasteiger partial charge is 0.208 e. The second-order valence-corrected chi connectivity index (χ2v) is 14.3. The van der Waals surface area contributed by atoms with Crippen LogP contribution in [0.2, 0.25) is 0 Å². The average Bonchev–Trinajstić information content (AvgIpc) is 3.69. The summed E-state index contributed by atoms with van der Waals surface area (Å²) in [6.07, 6.45) is 0. The highest BCUT2D eigenvalue weighted by atomic mass is 32.1. The van der Waals surface area contributed by atoms with Crippen LogP contribution in [-0.4, -0.2) is 15.0 Å². The van der Waals surface area contributed by atoms with Gasteiger partial charge in [-0.1, -0.05) is 182 Å². The summed E-state index contributed by atoms with van der Waals surface area (Å²) in [7, 11) is 0. The SMILES string of the molecule is [2H]c1c([2H])c([2H])c(-c2nc(-c3cccc(-c4ccccc4)c3)nc(-c3cccc4sc5cc(-c6ccc(-c7ccc(-c8ccccc8)cc7)cc6)ccc5c34)n2)c([2H])c1[2H]. The summed E-state index contributed by atoms with van der Waals surface area (Å²) in [6, 6.07) is 56.0. The van der Waals surface area contributed by atoms with Gasteiger partial charge in [-0.15, -0.1) is 11.3 Å². The first kappa shape index (κ1) is 27.6. The van der Waals surface area contributed by atoms with E-state index in [1.165, 1.54) is 11.1 Å². The first-order valence-corrected chi connectivity index (χ1v) is 18.8. The van der Waals surface area contributed by atoms with Crippen LogP contribution in [0.1, 0.15) is 6.85 Å². The molecule has 0 saturated heterocycles. The molecular weight excluding hydrogens is 687 g/mol. The normalized spacial score (nSPS) is 12.5. The maximum absolute atomic E-state index is 8.80. The molecule has 0 saturated carbocycles. The minimum atomic E-state index is -0.475. The second-order valence-electron chi connectivity index (χ2n) is 13.3. The van der Waals surface area contributed by atoms with E-state index in [4.69, 9.17) is 21.8 Å². The molecule has 0 N–H and O–H groups in total. The molecule has 2 aromatic heterocycles. The molecule has 10 aromatic rings. The summed E-state index contributed by atoms with van der Waals surface area (Å²) < 4.78 is 44.8. The molecule has 2 heterocycles. The van der Waals surface area contributed by atoms with Crippen LogP contribution in [0.15, 0.2) is 200 Å². The summed E-state index contributed by atoms with van der Waals surface area (Å²) in [4.78, 5) is 14.7. The van der Waals surface area contributed by atoms with Crippen molar-refractivity contribution >= 4 is 31.5 Å². The Morgan fingerprint density at radius 1 is 0.345 bits per heavy atom. The number of hydrogen-bond donors (Lipinski definition) is 0. The molecule has 0 bridgehead atoms. The van der Waals surface area contributed by atoms with Gasteiger partial charge in [-0.05, 0) is 62.7 Å². The van der Waals surface area contributed by atoms with Crippen molar-refractivity contribution in [3.8, 4) is 78.7 Å². The van der Waals surface area contributed by atoms with Crippen molar-refractivity contribution in [2.45, 2.75) is 0 Å². The molecule has 4 heteroatoms. The topological polar surface area (TPSA) is 38.7 Å². The summed E-state index contributed by atoms with van der Waals surface area (Å²) in [5, 5.41) is 2.02. The highest BCUT2D eigenvalue weighted by molar-refractivity contribution is 7.26. The molecular formula is C51H33N3S. The average molecular weight is 725 g/mol. The fourth-order valence-corrected chi connectivity index (χ4v) is 8.27. The highest BCUT2D eigenvalue weighted by Crippen LogP contribution is 2.41. The molecule has 0 radical (unpaired) electrons. The molecule has 0 atom stereocenters. The number of thiophene rings is 1. The predicted octanol–water partition coefficient (Wildman–Crippen LogP) is 13.9.